The Morgan fingerprint density at radius 2 is 2.20 bits per heavy atom. The Labute approximate surface area is 132 Å². The smallest absolute Gasteiger partial charge is 0.124 e. The minimum absolute atomic E-state index is 0.596. The highest BCUT2D eigenvalue weighted by Gasteiger charge is 2.03. The molecule has 0 amide bonds. The number of rotatable bonds is 8. The zero-order valence-corrected chi connectivity index (χ0v) is 13.8. The molecule has 3 nitrogen and oxygen atoms in total. The van der Waals surface area contributed by atoms with Crippen LogP contribution in [0.5, 0.6) is 5.75 Å². The number of ether oxygens (including phenoxy) is 2. The van der Waals surface area contributed by atoms with Gasteiger partial charge in [0.25, 0.3) is 0 Å². The summed E-state index contributed by atoms with van der Waals surface area (Å²) in [4.78, 5) is 1.20. The zero-order valence-electron chi connectivity index (χ0n) is 11.4. The second kappa shape index (κ2) is 8.42. The highest BCUT2D eigenvalue weighted by atomic mass is 79.9. The quantitative estimate of drug-likeness (QED) is 0.730. The topological polar surface area (TPSA) is 30.5 Å². The lowest BCUT2D eigenvalue weighted by molar-refractivity contribution is 0.199. The van der Waals surface area contributed by atoms with E-state index in [0.717, 1.165) is 29.9 Å². The molecule has 0 saturated heterocycles. The number of nitrogens with one attached hydrogen (secondary N) is 1. The molecule has 0 spiro atoms. The van der Waals surface area contributed by atoms with E-state index in [2.05, 4.69) is 38.8 Å². The molecule has 1 aromatic carbocycles. The Bertz CT molecular complexity index is 530. The Hall–Kier alpha value is -0.880. The van der Waals surface area contributed by atoms with Gasteiger partial charge in [-0.3, -0.25) is 0 Å². The third kappa shape index (κ3) is 4.90. The monoisotopic (exact) mass is 355 g/mol. The number of thiophene rings is 1. The lowest BCUT2D eigenvalue weighted by Gasteiger charge is -2.08. The van der Waals surface area contributed by atoms with Crippen LogP contribution < -0.4 is 10.1 Å². The van der Waals surface area contributed by atoms with Crippen LogP contribution in [-0.2, 0) is 17.9 Å². The molecule has 108 valence electrons. The molecule has 1 heterocycles. The van der Waals surface area contributed by atoms with E-state index in [-0.39, 0.29) is 0 Å². The molecule has 0 aliphatic rings. The molecule has 2 aromatic rings. The Kier molecular flexibility index (Phi) is 6.53. The molecule has 1 aromatic heterocycles. The normalized spacial score (nSPS) is 10.7. The average Bonchev–Trinajstić information content (AvgIpc) is 2.87. The standard InChI is InChI=1S/C15H18BrNO2S/c1-18-7-6-17-10-12-3-2-4-13(9-12)19-11-15-14(16)5-8-20-15/h2-5,8-9,17H,6-7,10-11H2,1H3. The molecular weight excluding hydrogens is 338 g/mol. The molecule has 20 heavy (non-hydrogen) atoms. The fourth-order valence-electron chi connectivity index (χ4n) is 1.73. The minimum atomic E-state index is 0.596. The van der Waals surface area contributed by atoms with Crippen molar-refractivity contribution in [1.82, 2.24) is 5.32 Å². The maximum atomic E-state index is 5.83. The molecule has 0 radical (unpaired) electrons. The summed E-state index contributed by atoms with van der Waals surface area (Å²) in [5.41, 5.74) is 1.21. The second-order valence-corrected chi connectivity index (χ2v) is 6.15. The van der Waals surface area contributed by atoms with Gasteiger partial charge in [0.15, 0.2) is 0 Å². The fourth-order valence-corrected chi connectivity index (χ4v) is 3.11. The van der Waals surface area contributed by atoms with Crippen LogP contribution in [0.4, 0.5) is 0 Å². The lowest BCUT2D eigenvalue weighted by Crippen LogP contribution is -2.18. The molecule has 0 unspecified atom stereocenters. The van der Waals surface area contributed by atoms with Crippen LogP contribution in [0.3, 0.4) is 0 Å². The summed E-state index contributed by atoms with van der Waals surface area (Å²) in [6, 6.07) is 10.2. The van der Waals surface area contributed by atoms with E-state index >= 15 is 0 Å². The van der Waals surface area contributed by atoms with Crippen molar-refractivity contribution in [2.45, 2.75) is 13.2 Å². The fraction of sp³-hybridized carbons (Fsp3) is 0.333. The maximum Gasteiger partial charge on any atom is 0.124 e. The van der Waals surface area contributed by atoms with Gasteiger partial charge in [0.2, 0.25) is 0 Å². The Balaban J connectivity index is 1.84. The predicted octanol–water partition coefficient (Wildman–Crippen LogP) is 3.83. The minimum Gasteiger partial charge on any atom is -0.488 e. The van der Waals surface area contributed by atoms with E-state index in [1.165, 1.54) is 10.4 Å². The molecule has 0 bridgehead atoms. The van der Waals surface area contributed by atoms with Crippen molar-refractivity contribution >= 4 is 27.3 Å². The largest absolute Gasteiger partial charge is 0.488 e. The van der Waals surface area contributed by atoms with E-state index in [1.807, 2.05) is 18.2 Å². The molecule has 0 atom stereocenters. The third-order valence-electron chi connectivity index (χ3n) is 2.77. The molecule has 1 N–H and O–H groups in total. The SMILES string of the molecule is COCCNCc1cccc(OCc2sccc2Br)c1. The van der Waals surface area contributed by atoms with Crippen LogP contribution in [0.1, 0.15) is 10.4 Å². The first-order chi connectivity index (χ1) is 9.79. The summed E-state index contributed by atoms with van der Waals surface area (Å²) in [5.74, 6) is 0.899. The summed E-state index contributed by atoms with van der Waals surface area (Å²) in [5, 5.41) is 5.38. The summed E-state index contributed by atoms with van der Waals surface area (Å²) in [7, 11) is 1.71. The van der Waals surface area contributed by atoms with E-state index in [1.54, 1.807) is 18.4 Å². The Morgan fingerprint density at radius 3 is 2.95 bits per heavy atom. The van der Waals surface area contributed by atoms with Crippen LogP contribution >= 0.6 is 27.3 Å². The summed E-state index contributed by atoms with van der Waals surface area (Å²) < 4.78 is 11.9. The summed E-state index contributed by atoms with van der Waals surface area (Å²) >= 11 is 5.21. The summed E-state index contributed by atoms with van der Waals surface area (Å²) in [6.07, 6.45) is 0. The second-order valence-electron chi connectivity index (χ2n) is 4.30. The zero-order chi connectivity index (χ0) is 14.2. The van der Waals surface area contributed by atoms with Crippen LogP contribution in [0, 0.1) is 0 Å². The van der Waals surface area contributed by atoms with Crippen molar-refractivity contribution < 1.29 is 9.47 Å². The average molecular weight is 356 g/mol. The molecule has 0 aliphatic heterocycles. The van der Waals surface area contributed by atoms with Crippen LogP contribution in [0.15, 0.2) is 40.2 Å². The van der Waals surface area contributed by atoms with Crippen LogP contribution in [0.25, 0.3) is 0 Å². The van der Waals surface area contributed by atoms with Crippen molar-refractivity contribution in [1.29, 1.82) is 0 Å². The van der Waals surface area contributed by atoms with Gasteiger partial charge in [0, 0.05) is 24.7 Å². The van der Waals surface area contributed by atoms with E-state index in [0.29, 0.717) is 6.61 Å². The van der Waals surface area contributed by atoms with Crippen LogP contribution in [-0.4, -0.2) is 20.3 Å². The number of benzene rings is 1. The van der Waals surface area contributed by atoms with Gasteiger partial charge in [-0.05, 0) is 45.1 Å². The molecule has 5 heteroatoms. The molecular formula is C15H18BrNO2S. The third-order valence-corrected chi connectivity index (χ3v) is 4.67. The van der Waals surface area contributed by atoms with Gasteiger partial charge < -0.3 is 14.8 Å². The van der Waals surface area contributed by atoms with Crippen molar-refractivity contribution in [2.24, 2.45) is 0 Å². The van der Waals surface area contributed by atoms with Crippen molar-refractivity contribution in [3.63, 3.8) is 0 Å². The Morgan fingerprint density at radius 1 is 1.30 bits per heavy atom. The number of hydrogen-bond donors (Lipinski definition) is 1. The van der Waals surface area contributed by atoms with Crippen LogP contribution in [0.2, 0.25) is 0 Å². The van der Waals surface area contributed by atoms with Gasteiger partial charge in [-0.2, -0.15) is 0 Å². The first-order valence-corrected chi connectivity index (χ1v) is 8.10. The van der Waals surface area contributed by atoms with Gasteiger partial charge >= 0.3 is 0 Å². The van der Waals surface area contributed by atoms with Crippen molar-refractivity contribution in [3.05, 3.63) is 50.6 Å². The predicted molar refractivity (Wildman–Crippen MR) is 86.4 cm³/mol. The highest BCUT2D eigenvalue weighted by molar-refractivity contribution is 9.10. The molecule has 2 rings (SSSR count). The maximum absolute atomic E-state index is 5.83. The van der Waals surface area contributed by atoms with Crippen molar-refractivity contribution in [3.8, 4) is 5.75 Å². The first-order valence-electron chi connectivity index (χ1n) is 6.43. The molecule has 0 saturated carbocycles. The summed E-state index contributed by atoms with van der Waals surface area (Å²) in [6.45, 7) is 2.99. The van der Waals surface area contributed by atoms with E-state index in [4.69, 9.17) is 9.47 Å². The molecule has 0 aliphatic carbocycles. The van der Waals surface area contributed by atoms with Gasteiger partial charge in [-0.25, -0.2) is 0 Å². The van der Waals surface area contributed by atoms with E-state index < -0.39 is 0 Å². The molecule has 0 fully saturated rings. The van der Waals surface area contributed by atoms with Gasteiger partial charge in [-0.1, -0.05) is 12.1 Å². The first kappa shape index (κ1) is 15.5. The van der Waals surface area contributed by atoms with Gasteiger partial charge in [0.1, 0.15) is 12.4 Å². The number of hydrogen-bond acceptors (Lipinski definition) is 4. The number of methoxy groups -OCH3 is 1. The van der Waals surface area contributed by atoms with Gasteiger partial charge in [-0.15, -0.1) is 11.3 Å². The lowest BCUT2D eigenvalue weighted by atomic mass is 10.2. The van der Waals surface area contributed by atoms with Gasteiger partial charge in [0.05, 0.1) is 11.5 Å². The highest BCUT2D eigenvalue weighted by Crippen LogP contribution is 2.24. The van der Waals surface area contributed by atoms with Crippen molar-refractivity contribution in [2.75, 3.05) is 20.3 Å². The number of halogens is 1. The van der Waals surface area contributed by atoms with E-state index in [9.17, 15) is 0 Å².